The summed E-state index contributed by atoms with van der Waals surface area (Å²) in [6.07, 6.45) is 2.24. The van der Waals surface area contributed by atoms with E-state index in [0.717, 1.165) is 17.9 Å². The van der Waals surface area contributed by atoms with Gasteiger partial charge >= 0.3 is 5.97 Å². The molecular formula is C9H16O3S. The lowest BCUT2D eigenvalue weighted by Crippen LogP contribution is -2.41. The summed E-state index contributed by atoms with van der Waals surface area (Å²) in [5.41, 5.74) is -0.891. The fraction of sp³-hybridized carbons (Fsp3) is 0.889. The Hall–Kier alpha value is -0.220. The van der Waals surface area contributed by atoms with Crippen LogP contribution in [-0.4, -0.2) is 34.8 Å². The lowest BCUT2D eigenvalue weighted by atomic mass is 9.95. The van der Waals surface area contributed by atoms with Gasteiger partial charge in [0.25, 0.3) is 0 Å². The summed E-state index contributed by atoms with van der Waals surface area (Å²) in [6.45, 7) is 2.33. The second-order valence-corrected chi connectivity index (χ2v) is 4.42. The first kappa shape index (κ1) is 10.9. The van der Waals surface area contributed by atoms with E-state index in [9.17, 15) is 4.79 Å². The van der Waals surface area contributed by atoms with E-state index in [-0.39, 0.29) is 0 Å². The quantitative estimate of drug-likeness (QED) is 0.761. The summed E-state index contributed by atoms with van der Waals surface area (Å²) in [7, 11) is 0. The Morgan fingerprint density at radius 1 is 1.54 bits per heavy atom. The number of hydrogen-bond acceptors (Lipinski definition) is 3. The molecule has 1 atom stereocenters. The number of hydrogen-bond donors (Lipinski definition) is 1. The van der Waals surface area contributed by atoms with Crippen LogP contribution in [-0.2, 0) is 9.53 Å². The number of rotatable bonds is 3. The van der Waals surface area contributed by atoms with Crippen LogP contribution < -0.4 is 0 Å². The van der Waals surface area contributed by atoms with Gasteiger partial charge in [-0.3, -0.25) is 0 Å². The minimum atomic E-state index is -0.891. The van der Waals surface area contributed by atoms with Crippen molar-refractivity contribution in [2.75, 3.05) is 18.1 Å². The Morgan fingerprint density at radius 2 is 2.31 bits per heavy atom. The van der Waals surface area contributed by atoms with Gasteiger partial charge in [-0.15, -0.1) is 0 Å². The van der Waals surface area contributed by atoms with Crippen molar-refractivity contribution in [3.05, 3.63) is 0 Å². The number of carbonyl (C=O) groups is 1. The fourth-order valence-electron chi connectivity index (χ4n) is 1.62. The average Bonchev–Trinajstić information content (AvgIpc) is 2.31. The van der Waals surface area contributed by atoms with Crippen LogP contribution in [0.4, 0.5) is 0 Å². The minimum absolute atomic E-state index is 0.483. The van der Waals surface area contributed by atoms with Gasteiger partial charge in [0, 0.05) is 6.61 Å². The van der Waals surface area contributed by atoms with Crippen LogP contribution in [0.1, 0.15) is 26.2 Å². The molecule has 0 aromatic rings. The van der Waals surface area contributed by atoms with Crippen molar-refractivity contribution in [3.63, 3.8) is 0 Å². The van der Waals surface area contributed by atoms with Gasteiger partial charge in [0.15, 0.2) is 5.60 Å². The van der Waals surface area contributed by atoms with E-state index in [2.05, 4.69) is 0 Å². The summed E-state index contributed by atoms with van der Waals surface area (Å²) in [4.78, 5) is 11.1. The van der Waals surface area contributed by atoms with E-state index in [0.29, 0.717) is 19.4 Å². The van der Waals surface area contributed by atoms with Crippen LogP contribution in [0.2, 0.25) is 0 Å². The van der Waals surface area contributed by atoms with E-state index < -0.39 is 11.6 Å². The number of carboxylic acids is 1. The van der Waals surface area contributed by atoms with Crippen molar-refractivity contribution in [1.29, 1.82) is 0 Å². The van der Waals surface area contributed by atoms with E-state index in [1.54, 1.807) is 0 Å². The summed E-state index contributed by atoms with van der Waals surface area (Å²) >= 11 is 1.82. The number of carboxylic acid groups (broad SMARTS) is 1. The molecule has 3 nitrogen and oxygen atoms in total. The smallest absolute Gasteiger partial charge is 0.335 e. The van der Waals surface area contributed by atoms with Gasteiger partial charge in [0.1, 0.15) is 0 Å². The predicted molar refractivity (Wildman–Crippen MR) is 53.2 cm³/mol. The summed E-state index contributed by atoms with van der Waals surface area (Å²) in [5.74, 6) is 1.16. The maximum absolute atomic E-state index is 11.1. The molecule has 0 amide bonds. The Labute approximate surface area is 82.8 Å². The van der Waals surface area contributed by atoms with Crippen LogP contribution in [0, 0.1) is 0 Å². The van der Waals surface area contributed by atoms with E-state index in [1.807, 2.05) is 18.7 Å². The zero-order valence-corrected chi connectivity index (χ0v) is 8.73. The Balaban J connectivity index is 2.67. The molecule has 0 bridgehead atoms. The van der Waals surface area contributed by atoms with Crippen molar-refractivity contribution in [3.8, 4) is 0 Å². The summed E-state index contributed by atoms with van der Waals surface area (Å²) in [6, 6.07) is 0. The molecule has 0 saturated carbocycles. The van der Waals surface area contributed by atoms with Gasteiger partial charge in [0.05, 0.1) is 0 Å². The molecule has 1 fully saturated rings. The second kappa shape index (κ2) is 4.86. The van der Waals surface area contributed by atoms with Crippen LogP contribution >= 0.6 is 11.8 Å². The lowest BCUT2D eigenvalue weighted by Gasteiger charge is -2.27. The van der Waals surface area contributed by atoms with Crippen LogP contribution in [0.15, 0.2) is 0 Å². The van der Waals surface area contributed by atoms with Gasteiger partial charge in [-0.25, -0.2) is 4.79 Å². The molecule has 4 heteroatoms. The molecular weight excluding hydrogens is 188 g/mol. The third-order valence-electron chi connectivity index (χ3n) is 2.33. The zero-order chi connectivity index (χ0) is 9.73. The standard InChI is InChI=1S/C9H16O3S/c1-2-12-9(8(10)11)4-3-6-13-7-5-9/h2-7H2,1H3,(H,10,11). The van der Waals surface area contributed by atoms with Crippen LogP contribution in [0.5, 0.6) is 0 Å². The molecule has 0 aromatic heterocycles. The maximum Gasteiger partial charge on any atom is 0.335 e. The molecule has 1 N–H and O–H groups in total. The minimum Gasteiger partial charge on any atom is -0.479 e. The molecule has 1 saturated heterocycles. The predicted octanol–water partition coefficient (Wildman–Crippen LogP) is 1.76. The topological polar surface area (TPSA) is 46.5 Å². The highest BCUT2D eigenvalue weighted by atomic mass is 32.2. The van der Waals surface area contributed by atoms with E-state index >= 15 is 0 Å². The molecule has 13 heavy (non-hydrogen) atoms. The van der Waals surface area contributed by atoms with E-state index in [1.165, 1.54) is 0 Å². The molecule has 0 aliphatic carbocycles. The lowest BCUT2D eigenvalue weighted by molar-refractivity contribution is -0.166. The Kier molecular flexibility index (Phi) is 4.06. The van der Waals surface area contributed by atoms with Crippen molar-refractivity contribution in [2.45, 2.75) is 31.8 Å². The molecule has 1 rings (SSSR count). The molecule has 1 aliphatic heterocycles. The number of thioether (sulfide) groups is 1. The molecule has 0 radical (unpaired) electrons. The Morgan fingerprint density at radius 3 is 2.92 bits per heavy atom. The van der Waals surface area contributed by atoms with Crippen LogP contribution in [0.25, 0.3) is 0 Å². The van der Waals surface area contributed by atoms with Gasteiger partial charge in [0.2, 0.25) is 0 Å². The third kappa shape index (κ3) is 2.61. The highest BCUT2D eigenvalue weighted by molar-refractivity contribution is 7.99. The van der Waals surface area contributed by atoms with Crippen molar-refractivity contribution < 1.29 is 14.6 Å². The first-order chi connectivity index (χ1) is 6.21. The van der Waals surface area contributed by atoms with Gasteiger partial charge < -0.3 is 9.84 Å². The monoisotopic (exact) mass is 204 g/mol. The van der Waals surface area contributed by atoms with Crippen molar-refractivity contribution in [1.82, 2.24) is 0 Å². The highest BCUT2D eigenvalue weighted by Crippen LogP contribution is 2.29. The SMILES string of the molecule is CCOC1(C(=O)O)CCCSCC1. The van der Waals surface area contributed by atoms with Gasteiger partial charge in [-0.2, -0.15) is 11.8 Å². The van der Waals surface area contributed by atoms with Crippen molar-refractivity contribution in [2.24, 2.45) is 0 Å². The number of ether oxygens (including phenoxy) is 1. The zero-order valence-electron chi connectivity index (χ0n) is 7.91. The van der Waals surface area contributed by atoms with Crippen LogP contribution in [0.3, 0.4) is 0 Å². The molecule has 1 aliphatic rings. The first-order valence-electron chi connectivity index (χ1n) is 4.66. The normalized spacial score (nSPS) is 29.6. The highest BCUT2D eigenvalue weighted by Gasteiger charge is 2.39. The largest absolute Gasteiger partial charge is 0.479 e. The molecule has 1 unspecified atom stereocenters. The average molecular weight is 204 g/mol. The first-order valence-corrected chi connectivity index (χ1v) is 5.82. The second-order valence-electron chi connectivity index (χ2n) is 3.20. The molecule has 0 spiro atoms. The summed E-state index contributed by atoms with van der Waals surface area (Å²) in [5, 5.41) is 9.11. The molecule has 0 aromatic carbocycles. The van der Waals surface area contributed by atoms with Crippen molar-refractivity contribution >= 4 is 17.7 Å². The Bertz CT molecular complexity index is 174. The molecule has 1 heterocycles. The maximum atomic E-state index is 11.1. The summed E-state index contributed by atoms with van der Waals surface area (Å²) < 4.78 is 5.40. The van der Waals surface area contributed by atoms with Gasteiger partial charge in [-0.05, 0) is 37.7 Å². The fourth-order valence-corrected chi connectivity index (χ4v) is 2.65. The number of aliphatic carboxylic acids is 1. The third-order valence-corrected chi connectivity index (χ3v) is 3.40. The van der Waals surface area contributed by atoms with E-state index in [4.69, 9.17) is 9.84 Å². The molecule has 76 valence electrons. The van der Waals surface area contributed by atoms with Gasteiger partial charge in [-0.1, -0.05) is 0 Å².